The van der Waals surface area contributed by atoms with E-state index in [4.69, 9.17) is 26.1 Å². The highest BCUT2D eigenvalue weighted by atomic mass is 35.5. The maximum Gasteiger partial charge on any atom is 0.356 e. The molecule has 0 saturated carbocycles. The quantitative estimate of drug-likeness (QED) is 0.359. The van der Waals surface area contributed by atoms with Gasteiger partial charge in [-0.3, -0.25) is 9.36 Å². The summed E-state index contributed by atoms with van der Waals surface area (Å²) >= 11 is 5.92. The summed E-state index contributed by atoms with van der Waals surface area (Å²) in [6.45, 7) is 5.10. The number of aromatic nitrogens is 3. The molecule has 0 amide bonds. The molecule has 2 aliphatic heterocycles. The zero-order valence-electron chi connectivity index (χ0n) is 20.9. The van der Waals surface area contributed by atoms with Crippen molar-refractivity contribution in [3.63, 3.8) is 0 Å². The Balaban J connectivity index is 1.43. The maximum atomic E-state index is 13.6. The van der Waals surface area contributed by atoms with Gasteiger partial charge in [-0.15, -0.1) is 0 Å². The van der Waals surface area contributed by atoms with E-state index in [0.29, 0.717) is 35.6 Å². The third-order valence-corrected chi connectivity index (χ3v) is 7.18. The van der Waals surface area contributed by atoms with E-state index in [1.54, 1.807) is 17.7 Å². The summed E-state index contributed by atoms with van der Waals surface area (Å²) in [5.74, 6) is 0.805. The average molecular weight is 534 g/mol. The van der Waals surface area contributed by atoms with Gasteiger partial charge < -0.3 is 24.8 Å². The molecule has 0 saturated heterocycles. The molecule has 0 radical (unpaired) electrons. The van der Waals surface area contributed by atoms with Crippen LogP contribution in [0.5, 0.6) is 11.5 Å². The van der Waals surface area contributed by atoms with Gasteiger partial charge in [0.2, 0.25) is 12.7 Å². The third kappa shape index (κ3) is 3.88. The number of nitrogens with one attached hydrogen (secondary N) is 1. The van der Waals surface area contributed by atoms with Crippen LogP contribution in [0, 0.1) is 6.92 Å². The van der Waals surface area contributed by atoms with E-state index < -0.39 is 12.0 Å². The van der Waals surface area contributed by atoms with Gasteiger partial charge >= 0.3 is 5.97 Å². The molecule has 0 aliphatic carbocycles. The molecule has 4 heterocycles. The summed E-state index contributed by atoms with van der Waals surface area (Å²) in [7, 11) is 1.72. The predicted octanol–water partition coefficient (Wildman–Crippen LogP) is 4.41. The lowest BCUT2D eigenvalue weighted by Crippen LogP contribution is -2.28. The fourth-order valence-corrected chi connectivity index (χ4v) is 5.31. The molecule has 2 aromatic carbocycles. The number of carbonyl (C=O) groups is 1. The number of pyridine rings is 1. The summed E-state index contributed by atoms with van der Waals surface area (Å²) < 4.78 is 12.8. The molecule has 2 N–H and O–H groups in total. The molecular formula is C27H24ClN5O5. The number of nitrogens with zero attached hydrogens (tertiary/aromatic N) is 4. The van der Waals surface area contributed by atoms with E-state index in [1.807, 2.05) is 43.0 Å². The molecule has 0 bridgehead atoms. The number of benzene rings is 2. The summed E-state index contributed by atoms with van der Waals surface area (Å²) in [4.78, 5) is 36.3. The van der Waals surface area contributed by atoms with Crippen molar-refractivity contribution < 1.29 is 19.4 Å². The van der Waals surface area contributed by atoms with Crippen LogP contribution >= 0.6 is 11.6 Å². The van der Waals surface area contributed by atoms with Crippen LogP contribution in [0.2, 0.25) is 5.15 Å². The Morgan fingerprint density at radius 1 is 1.16 bits per heavy atom. The molecule has 0 fully saturated rings. The first-order chi connectivity index (χ1) is 18.2. The van der Waals surface area contributed by atoms with Gasteiger partial charge in [0.1, 0.15) is 5.15 Å². The van der Waals surface area contributed by atoms with Crippen LogP contribution in [0.4, 0.5) is 11.6 Å². The Hall–Kier alpha value is -4.31. The van der Waals surface area contributed by atoms with Crippen molar-refractivity contribution in [2.45, 2.75) is 33.0 Å². The summed E-state index contributed by atoms with van der Waals surface area (Å²) in [6, 6.07) is 10.4. The van der Waals surface area contributed by atoms with Gasteiger partial charge in [-0.05, 0) is 49.2 Å². The first-order valence-corrected chi connectivity index (χ1v) is 12.4. The molecule has 10 nitrogen and oxygen atoms in total. The minimum atomic E-state index is -1.19. The van der Waals surface area contributed by atoms with E-state index in [1.165, 1.54) is 6.07 Å². The number of carboxylic acids is 1. The molecule has 1 atom stereocenters. The predicted molar refractivity (Wildman–Crippen MR) is 142 cm³/mol. The third-order valence-electron chi connectivity index (χ3n) is 6.97. The summed E-state index contributed by atoms with van der Waals surface area (Å²) in [6.07, 6.45) is 0. The summed E-state index contributed by atoms with van der Waals surface area (Å²) in [5.41, 5.74) is 4.31. The van der Waals surface area contributed by atoms with Crippen molar-refractivity contribution in [1.29, 1.82) is 0 Å². The number of anilines is 2. The Kier molecular flexibility index (Phi) is 5.64. The molecule has 2 aromatic heterocycles. The van der Waals surface area contributed by atoms with E-state index in [0.717, 1.165) is 33.8 Å². The Morgan fingerprint density at radius 3 is 2.76 bits per heavy atom. The smallest absolute Gasteiger partial charge is 0.356 e. The number of carboxylic acid groups (broad SMARTS) is 1. The Bertz CT molecular complexity index is 1700. The van der Waals surface area contributed by atoms with Gasteiger partial charge in [0, 0.05) is 24.7 Å². The van der Waals surface area contributed by atoms with E-state index in [2.05, 4.69) is 10.3 Å². The second-order valence-electron chi connectivity index (χ2n) is 9.52. The molecule has 6 rings (SSSR count). The largest absolute Gasteiger partial charge is 0.476 e. The van der Waals surface area contributed by atoms with Gasteiger partial charge in [-0.2, -0.15) is 0 Å². The van der Waals surface area contributed by atoms with Crippen LogP contribution in [-0.2, 0) is 20.1 Å². The number of ether oxygens (including phenoxy) is 2. The fourth-order valence-electron chi connectivity index (χ4n) is 5.17. The van der Waals surface area contributed by atoms with Crippen LogP contribution in [0.3, 0.4) is 0 Å². The zero-order chi connectivity index (χ0) is 26.7. The van der Waals surface area contributed by atoms with E-state index in [-0.39, 0.29) is 23.2 Å². The molecule has 4 aromatic rings. The SMILES string of the molecule is Cc1cc([C@@H](C)Nc2ccc(Cl)nc2C(=O)O)c2nc(N3Cc4ccc5c(c4C3)OCO5)n(C)c(=O)c2c1. The maximum absolute atomic E-state index is 13.6. The normalized spacial score (nSPS) is 14.6. The molecule has 0 unspecified atom stereocenters. The molecule has 194 valence electrons. The number of halogens is 1. The van der Waals surface area contributed by atoms with Crippen molar-refractivity contribution >= 4 is 40.1 Å². The zero-order valence-corrected chi connectivity index (χ0v) is 21.7. The highest BCUT2D eigenvalue weighted by molar-refractivity contribution is 6.29. The lowest BCUT2D eigenvalue weighted by atomic mass is 10.0. The minimum Gasteiger partial charge on any atom is -0.476 e. The van der Waals surface area contributed by atoms with Crippen LogP contribution in [-0.4, -0.2) is 32.4 Å². The number of fused-ring (bicyclic) bond motifs is 4. The second-order valence-corrected chi connectivity index (χ2v) is 9.91. The topological polar surface area (TPSA) is 119 Å². The van der Waals surface area contributed by atoms with Gasteiger partial charge in [0.25, 0.3) is 5.56 Å². The molecule has 11 heteroatoms. The van der Waals surface area contributed by atoms with Gasteiger partial charge in [0.15, 0.2) is 17.2 Å². The number of aryl methyl sites for hydroxylation is 1. The second kappa shape index (κ2) is 8.91. The number of aromatic carboxylic acids is 1. The van der Waals surface area contributed by atoms with E-state index in [9.17, 15) is 14.7 Å². The lowest BCUT2D eigenvalue weighted by Gasteiger charge is -2.23. The van der Waals surface area contributed by atoms with E-state index >= 15 is 0 Å². The minimum absolute atomic E-state index is 0.0885. The highest BCUT2D eigenvalue weighted by Crippen LogP contribution is 2.42. The van der Waals surface area contributed by atoms with Crippen molar-refractivity contribution in [1.82, 2.24) is 14.5 Å². The first kappa shape index (κ1) is 24.1. The van der Waals surface area contributed by atoms with Crippen molar-refractivity contribution in [2.75, 3.05) is 17.0 Å². The molecular weight excluding hydrogens is 510 g/mol. The van der Waals surface area contributed by atoms with Crippen LogP contribution in [0.1, 0.15) is 45.7 Å². The number of rotatable bonds is 5. The van der Waals surface area contributed by atoms with Crippen LogP contribution in [0.25, 0.3) is 10.9 Å². The van der Waals surface area contributed by atoms with Gasteiger partial charge in [-0.25, -0.2) is 14.8 Å². The highest BCUT2D eigenvalue weighted by Gasteiger charge is 2.30. The van der Waals surface area contributed by atoms with Crippen LogP contribution < -0.4 is 25.2 Å². The molecule has 2 aliphatic rings. The molecule has 0 spiro atoms. The van der Waals surface area contributed by atoms with Crippen molar-refractivity contribution in [3.05, 3.63) is 79.9 Å². The fraction of sp³-hybridized carbons (Fsp3) is 0.259. The van der Waals surface area contributed by atoms with Crippen LogP contribution in [0.15, 0.2) is 41.2 Å². The van der Waals surface area contributed by atoms with Gasteiger partial charge in [0.05, 0.1) is 29.2 Å². The lowest BCUT2D eigenvalue weighted by molar-refractivity contribution is 0.0691. The summed E-state index contributed by atoms with van der Waals surface area (Å²) in [5, 5.41) is 13.4. The monoisotopic (exact) mass is 533 g/mol. The number of hydrogen-bond donors (Lipinski definition) is 2. The standard InChI is InChI=1S/C27H24ClN5O5/c1-13-8-16(14(2)29-19-5-7-21(28)30-23(19)26(35)36)22-17(9-13)25(34)32(3)27(31-22)33-10-15-4-6-20-24(18(15)11-33)38-12-37-20/h4-9,14,29H,10-12H2,1-3H3,(H,35,36)/t14-/m1/s1. The van der Waals surface area contributed by atoms with Crippen molar-refractivity contribution in [2.24, 2.45) is 7.05 Å². The Labute approximate surface area is 222 Å². The average Bonchev–Trinajstić information content (AvgIpc) is 3.53. The molecule has 38 heavy (non-hydrogen) atoms. The van der Waals surface area contributed by atoms with Gasteiger partial charge in [-0.1, -0.05) is 23.7 Å². The van der Waals surface area contributed by atoms with Crippen molar-refractivity contribution in [3.8, 4) is 11.5 Å². The Morgan fingerprint density at radius 2 is 1.97 bits per heavy atom. The number of hydrogen-bond acceptors (Lipinski definition) is 8. The first-order valence-electron chi connectivity index (χ1n) is 12.0.